The molecule has 1 aliphatic heterocycles. The molecule has 1 aromatic carbocycles. The van der Waals surface area contributed by atoms with Crippen molar-refractivity contribution in [2.45, 2.75) is 52.2 Å². The molecule has 31 heavy (non-hydrogen) atoms. The number of aromatic nitrogens is 2. The highest BCUT2D eigenvalue weighted by Gasteiger charge is 2.47. The Balaban J connectivity index is 2.11. The van der Waals surface area contributed by atoms with E-state index in [1.807, 2.05) is 13.0 Å². The van der Waals surface area contributed by atoms with E-state index in [9.17, 15) is 9.90 Å². The van der Waals surface area contributed by atoms with Gasteiger partial charge in [-0.1, -0.05) is 13.0 Å². The zero-order chi connectivity index (χ0) is 23.0. The molecule has 1 N–H and O–H groups in total. The minimum Gasteiger partial charge on any atom is -0.508 e. The molecule has 0 saturated heterocycles. The molecule has 0 amide bonds. The van der Waals surface area contributed by atoms with Gasteiger partial charge in [-0.15, -0.1) is 0 Å². The minimum absolute atomic E-state index is 0.0311. The van der Waals surface area contributed by atoms with Gasteiger partial charge >= 0.3 is 6.01 Å². The van der Waals surface area contributed by atoms with E-state index in [-0.39, 0.29) is 34.9 Å². The SMILES string of the molecule is CCc1ccc(Oc2nc(OC)cc(OC)n2)cc1C1=C(O)C(C)(C)OC(C)(C)C1=O. The first kappa shape index (κ1) is 22.6. The van der Waals surface area contributed by atoms with E-state index in [1.165, 1.54) is 20.3 Å². The van der Waals surface area contributed by atoms with E-state index in [1.54, 1.807) is 39.8 Å². The van der Waals surface area contributed by atoms with Crippen molar-refractivity contribution in [3.8, 4) is 23.5 Å². The number of benzene rings is 1. The molecule has 8 nitrogen and oxygen atoms in total. The summed E-state index contributed by atoms with van der Waals surface area (Å²) in [7, 11) is 2.96. The zero-order valence-corrected chi connectivity index (χ0v) is 18.9. The Labute approximate surface area is 181 Å². The lowest BCUT2D eigenvalue weighted by Gasteiger charge is -2.40. The van der Waals surface area contributed by atoms with Crippen LogP contribution in [0, 0.1) is 0 Å². The van der Waals surface area contributed by atoms with Gasteiger partial charge in [-0.25, -0.2) is 0 Å². The number of carbonyl (C=O) groups is 1. The summed E-state index contributed by atoms with van der Waals surface area (Å²) in [6.45, 7) is 8.85. The largest absolute Gasteiger partial charge is 0.508 e. The first-order valence-electron chi connectivity index (χ1n) is 9.99. The normalized spacial score (nSPS) is 17.5. The van der Waals surface area contributed by atoms with Gasteiger partial charge in [0, 0.05) is 0 Å². The number of nitrogens with zero attached hydrogens (tertiary/aromatic N) is 2. The number of ether oxygens (including phenoxy) is 4. The minimum atomic E-state index is -1.09. The summed E-state index contributed by atoms with van der Waals surface area (Å²) in [5.74, 6) is 0.572. The van der Waals surface area contributed by atoms with Crippen LogP contribution in [0.3, 0.4) is 0 Å². The molecule has 0 spiro atoms. The Morgan fingerprint density at radius 1 is 1.00 bits per heavy atom. The summed E-state index contributed by atoms with van der Waals surface area (Å²) < 4.78 is 22.0. The fourth-order valence-corrected chi connectivity index (χ4v) is 3.60. The summed E-state index contributed by atoms with van der Waals surface area (Å²) in [5, 5.41) is 10.9. The molecule has 0 unspecified atom stereocenters. The third-order valence-corrected chi connectivity index (χ3v) is 5.11. The maximum atomic E-state index is 13.2. The Bertz CT molecular complexity index is 1020. The number of aliphatic hydroxyl groups excluding tert-OH is 1. The fourth-order valence-electron chi connectivity index (χ4n) is 3.60. The number of carbonyl (C=O) groups excluding carboxylic acids is 1. The smallest absolute Gasteiger partial charge is 0.328 e. The molecule has 0 bridgehead atoms. The summed E-state index contributed by atoms with van der Waals surface area (Å²) >= 11 is 0. The molecule has 0 radical (unpaired) electrons. The number of methoxy groups -OCH3 is 2. The Morgan fingerprint density at radius 3 is 2.16 bits per heavy atom. The number of ketones is 1. The average molecular weight is 428 g/mol. The van der Waals surface area contributed by atoms with Crippen molar-refractivity contribution in [3.05, 3.63) is 41.2 Å². The predicted octanol–water partition coefficient (Wildman–Crippen LogP) is 4.27. The van der Waals surface area contributed by atoms with E-state index >= 15 is 0 Å². The summed E-state index contributed by atoms with van der Waals surface area (Å²) in [6.07, 6.45) is 0.658. The highest BCUT2D eigenvalue weighted by Crippen LogP contribution is 2.41. The lowest BCUT2D eigenvalue weighted by Crippen LogP contribution is -2.49. The van der Waals surface area contributed by atoms with Gasteiger partial charge in [0.05, 0.1) is 25.9 Å². The van der Waals surface area contributed by atoms with Crippen LogP contribution in [-0.2, 0) is 16.0 Å². The lowest BCUT2D eigenvalue weighted by molar-refractivity contribution is -0.158. The molecule has 1 aromatic heterocycles. The second kappa shape index (κ2) is 8.19. The Kier molecular flexibility index (Phi) is 5.96. The van der Waals surface area contributed by atoms with Crippen LogP contribution in [0.1, 0.15) is 45.7 Å². The molecule has 0 saturated carbocycles. The molecular formula is C23H28N2O6. The summed E-state index contributed by atoms with van der Waals surface area (Å²) in [6, 6.07) is 6.88. The predicted molar refractivity (Wildman–Crippen MR) is 115 cm³/mol. The van der Waals surface area contributed by atoms with Crippen LogP contribution in [0.4, 0.5) is 0 Å². The van der Waals surface area contributed by atoms with Gasteiger partial charge in [-0.2, -0.15) is 9.97 Å². The van der Waals surface area contributed by atoms with E-state index in [0.29, 0.717) is 17.7 Å². The van der Waals surface area contributed by atoms with Gasteiger partial charge in [0.15, 0.2) is 5.78 Å². The number of hydrogen-bond donors (Lipinski definition) is 1. The van der Waals surface area contributed by atoms with Crippen LogP contribution in [-0.4, -0.2) is 46.3 Å². The van der Waals surface area contributed by atoms with Gasteiger partial charge in [0.1, 0.15) is 22.7 Å². The topological polar surface area (TPSA) is 100 Å². The van der Waals surface area contributed by atoms with Crippen molar-refractivity contribution in [1.82, 2.24) is 9.97 Å². The molecule has 166 valence electrons. The van der Waals surface area contributed by atoms with Crippen molar-refractivity contribution < 1.29 is 28.8 Å². The van der Waals surface area contributed by atoms with Crippen LogP contribution >= 0.6 is 0 Å². The second-order valence-corrected chi connectivity index (χ2v) is 8.19. The summed E-state index contributed by atoms with van der Waals surface area (Å²) in [5.41, 5.74) is -0.400. The fraction of sp³-hybridized carbons (Fsp3) is 0.435. The number of rotatable bonds is 6. The molecule has 8 heteroatoms. The van der Waals surface area contributed by atoms with Gasteiger partial charge in [-0.05, 0) is 57.4 Å². The lowest BCUT2D eigenvalue weighted by atomic mass is 9.81. The molecule has 0 aliphatic carbocycles. The van der Waals surface area contributed by atoms with Crippen molar-refractivity contribution >= 4 is 11.4 Å². The van der Waals surface area contributed by atoms with Crippen molar-refractivity contribution in [3.63, 3.8) is 0 Å². The van der Waals surface area contributed by atoms with Crippen molar-refractivity contribution in [2.24, 2.45) is 0 Å². The third-order valence-electron chi connectivity index (χ3n) is 5.11. The maximum absolute atomic E-state index is 13.2. The molecule has 2 aromatic rings. The number of Topliss-reactive ketones (excluding diaryl/α,β-unsaturated/α-hetero) is 1. The molecule has 2 heterocycles. The van der Waals surface area contributed by atoms with E-state index in [2.05, 4.69) is 9.97 Å². The number of aliphatic hydroxyl groups is 1. The maximum Gasteiger partial charge on any atom is 0.328 e. The van der Waals surface area contributed by atoms with Crippen LogP contribution < -0.4 is 14.2 Å². The van der Waals surface area contributed by atoms with Crippen molar-refractivity contribution in [2.75, 3.05) is 14.2 Å². The van der Waals surface area contributed by atoms with Crippen molar-refractivity contribution in [1.29, 1.82) is 0 Å². The highest BCUT2D eigenvalue weighted by atomic mass is 16.5. The van der Waals surface area contributed by atoms with Crippen LogP contribution in [0.2, 0.25) is 0 Å². The van der Waals surface area contributed by atoms with Gasteiger partial charge in [-0.3, -0.25) is 4.79 Å². The summed E-state index contributed by atoms with van der Waals surface area (Å²) in [4.78, 5) is 21.6. The first-order valence-corrected chi connectivity index (χ1v) is 9.99. The second-order valence-electron chi connectivity index (χ2n) is 8.19. The Hall–Kier alpha value is -3.13. The molecule has 1 aliphatic rings. The van der Waals surface area contributed by atoms with Gasteiger partial charge < -0.3 is 24.1 Å². The van der Waals surface area contributed by atoms with E-state index in [4.69, 9.17) is 18.9 Å². The zero-order valence-electron chi connectivity index (χ0n) is 18.9. The number of aryl methyl sites for hydroxylation is 1. The Morgan fingerprint density at radius 2 is 1.61 bits per heavy atom. The van der Waals surface area contributed by atoms with Crippen LogP contribution in [0.25, 0.3) is 5.57 Å². The first-order chi connectivity index (χ1) is 14.5. The highest BCUT2D eigenvalue weighted by molar-refractivity contribution is 6.26. The van der Waals surface area contributed by atoms with Gasteiger partial charge in [0.2, 0.25) is 11.8 Å². The average Bonchev–Trinajstić information content (AvgIpc) is 2.72. The quantitative estimate of drug-likeness (QED) is 0.728. The monoisotopic (exact) mass is 428 g/mol. The third kappa shape index (κ3) is 4.34. The molecule has 0 fully saturated rings. The van der Waals surface area contributed by atoms with E-state index in [0.717, 1.165) is 5.56 Å². The molecular weight excluding hydrogens is 400 g/mol. The standard InChI is InChI=1S/C23H28N2O6/c1-8-13-9-10-14(30-21-24-16(28-6)12-17(25-21)29-7)11-15(13)18-19(26)22(2,3)31-23(4,5)20(18)27/h9-12,26H,8H2,1-7H3. The molecule has 3 rings (SSSR count). The van der Waals surface area contributed by atoms with Crippen LogP contribution in [0.5, 0.6) is 23.5 Å². The van der Waals surface area contributed by atoms with Gasteiger partial charge in [0.25, 0.3) is 0 Å². The van der Waals surface area contributed by atoms with E-state index < -0.39 is 11.2 Å². The molecule has 0 atom stereocenters. The number of hydrogen-bond acceptors (Lipinski definition) is 8. The van der Waals surface area contributed by atoms with Crippen LogP contribution in [0.15, 0.2) is 30.0 Å².